The van der Waals surface area contributed by atoms with Crippen molar-refractivity contribution >= 4 is 0 Å². The van der Waals surface area contributed by atoms with E-state index in [4.69, 9.17) is 5.11 Å². The van der Waals surface area contributed by atoms with E-state index in [0.29, 0.717) is 0 Å². The molecule has 0 aliphatic rings. The van der Waals surface area contributed by atoms with Gasteiger partial charge in [0.25, 0.3) is 0 Å². The summed E-state index contributed by atoms with van der Waals surface area (Å²) in [6.07, 6.45) is 8.62. The predicted octanol–water partition coefficient (Wildman–Crippen LogP) is 3.93. The van der Waals surface area contributed by atoms with Crippen LogP contribution in [0.4, 0.5) is 0 Å². The smallest absolute Gasteiger partial charge is 0.0440 e. The Morgan fingerprint density at radius 1 is 1.19 bits per heavy atom. The Labute approximate surface area is 101 Å². The quantitative estimate of drug-likeness (QED) is 0.393. The van der Waals surface area contributed by atoms with E-state index in [1.54, 1.807) is 0 Å². The molecular formula is C15H26O. The van der Waals surface area contributed by atoms with E-state index in [1.807, 2.05) is 0 Å². The highest BCUT2D eigenvalue weighted by atomic mass is 16.2. The van der Waals surface area contributed by atoms with E-state index in [1.165, 1.54) is 24.8 Å². The molecule has 0 heterocycles. The summed E-state index contributed by atoms with van der Waals surface area (Å²) in [5.74, 6) is 7.03. The first-order valence-electron chi connectivity index (χ1n) is 6.36. The Bertz CT molecular complexity index is 238. The summed E-state index contributed by atoms with van der Waals surface area (Å²) in [6, 6.07) is 0. The molecule has 92 valence electrons. The Hall–Kier alpha value is -0.740. The van der Waals surface area contributed by atoms with Gasteiger partial charge in [-0.1, -0.05) is 18.6 Å². The second-order valence-electron chi connectivity index (χ2n) is 4.68. The second kappa shape index (κ2) is 10.8. The largest absolute Gasteiger partial charge is 0.396 e. The fourth-order valence-electron chi connectivity index (χ4n) is 1.46. The maximum absolute atomic E-state index is 8.58. The SMILES string of the molecule is CC(C)=CCC[C@H](C)CCC#CCCCO. The topological polar surface area (TPSA) is 20.2 Å². The number of unbranched alkanes of at least 4 members (excludes halogenated alkanes) is 1. The summed E-state index contributed by atoms with van der Waals surface area (Å²) >= 11 is 0. The average molecular weight is 222 g/mol. The maximum atomic E-state index is 8.58. The van der Waals surface area contributed by atoms with Crippen LogP contribution in [-0.4, -0.2) is 11.7 Å². The number of hydrogen-bond acceptors (Lipinski definition) is 1. The first kappa shape index (κ1) is 15.3. The summed E-state index contributed by atoms with van der Waals surface area (Å²) in [7, 11) is 0. The first-order chi connectivity index (χ1) is 7.66. The lowest BCUT2D eigenvalue weighted by Crippen LogP contribution is -1.93. The molecule has 0 aromatic heterocycles. The van der Waals surface area contributed by atoms with Crippen molar-refractivity contribution in [3.8, 4) is 11.8 Å². The number of hydrogen-bond donors (Lipinski definition) is 1. The molecule has 16 heavy (non-hydrogen) atoms. The zero-order valence-electron chi connectivity index (χ0n) is 11.1. The molecule has 0 aromatic carbocycles. The van der Waals surface area contributed by atoms with Crippen molar-refractivity contribution in [1.29, 1.82) is 0 Å². The third-order valence-electron chi connectivity index (χ3n) is 2.56. The third-order valence-corrected chi connectivity index (χ3v) is 2.56. The van der Waals surface area contributed by atoms with Crippen LogP contribution in [-0.2, 0) is 0 Å². The minimum Gasteiger partial charge on any atom is -0.396 e. The molecule has 0 aliphatic carbocycles. The van der Waals surface area contributed by atoms with Crippen LogP contribution in [0.2, 0.25) is 0 Å². The summed E-state index contributed by atoms with van der Waals surface area (Å²) in [6.45, 7) is 6.86. The summed E-state index contributed by atoms with van der Waals surface area (Å²) in [4.78, 5) is 0. The summed E-state index contributed by atoms with van der Waals surface area (Å²) in [5, 5.41) is 8.58. The molecule has 0 aliphatic heterocycles. The molecule has 0 aromatic rings. The number of allylic oxidation sites excluding steroid dienone is 2. The fraction of sp³-hybridized carbons (Fsp3) is 0.733. The molecule has 0 unspecified atom stereocenters. The lowest BCUT2D eigenvalue weighted by Gasteiger charge is -2.06. The Kier molecular flexibility index (Phi) is 10.3. The Morgan fingerprint density at radius 2 is 1.88 bits per heavy atom. The van der Waals surface area contributed by atoms with Crippen molar-refractivity contribution in [2.45, 2.75) is 59.3 Å². The van der Waals surface area contributed by atoms with Crippen LogP contribution in [0.1, 0.15) is 59.3 Å². The average Bonchev–Trinajstić information content (AvgIpc) is 2.22. The molecule has 1 nitrogen and oxygen atoms in total. The lowest BCUT2D eigenvalue weighted by molar-refractivity contribution is 0.290. The van der Waals surface area contributed by atoms with E-state index in [0.717, 1.165) is 25.2 Å². The van der Waals surface area contributed by atoms with Crippen LogP contribution in [0.3, 0.4) is 0 Å². The molecule has 0 rings (SSSR count). The van der Waals surface area contributed by atoms with E-state index in [2.05, 4.69) is 38.7 Å². The molecule has 1 N–H and O–H groups in total. The van der Waals surface area contributed by atoms with Gasteiger partial charge in [-0.2, -0.15) is 0 Å². The van der Waals surface area contributed by atoms with Crippen LogP contribution in [0.5, 0.6) is 0 Å². The molecule has 1 atom stereocenters. The molecule has 0 spiro atoms. The molecule has 0 saturated carbocycles. The first-order valence-corrected chi connectivity index (χ1v) is 6.36. The van der Waals surface area contributed by atoms with Crippen molar-refractivity contribution in [3.05, 3.63) is 11.6 Å². The number of aliphatic hydroxyl groups is 1. The molecule has 0 saturated heterocycles. The van der Waals surface area contributed by atoms with Crippen LogP contribution in [0.15, 0.2) is 11.6 Å². The lowest BCUT2D eigenvalue weighted by atomic mass is 9.99. The molecule has 0 bridgehead atoms. The van der Waals surface area contributed by atoms with E-state index >= 15 is 0 Å². The number of rotatable bonds is 7. The van der Waals surface area contributed by atoms with Gasteiger partial charge in [0.2, 0.25) is 0 Å². The van der Waals surface area contributed by atoms with Crippen molar-refractivity contribution in [3.63, 3.8) is 0 Å². The zero-order valence-corrected chi connectivity index (χ0v) is 11.1. The molecular weight excluding hydrogens is 196 g/mol. The minimum atomic E-state index is 0.258. The van der Waals surface area contributed by atoms with E-state index in [9.17, 15) is 0 Å². The highest BCUT2D eigenvalue weighted by Crippen LogP contribution is 2.13. The Morgan fingerprint density at radius 3 is 2.50 bits per heavy atom. The van der Waals surface area contributed by atoms with Gasteiger partial charge >= 0.3 is 0 Å². The van der Waals surface area contributed by atoms with Crippen LogP contribution >= 0.6 is 0 Å². The number of aliphatic hydroxyl groups excluding tert-OH is 1. The highest BCUT2D eigenvalue weighted by molar-refractivity contribution is 4.98. The van der Waals surface area contributed by atoms with Gasteiger partial charge in [0.15, 0.2) is 0 Å². The van der Waals surface area contributed by atoms with Gasteiger partial charge in [-0.05, 0) is 45.4 Å². The van der Waals surface area contributed by atoms with Gasteiger partial charge in [-0.25, -0.2) is 0 Å². The van der Waals surface area contributed by atoms with Gasteiger partial charge in [-0.15, -0.1) is 11.8 Å². The minimum absolute atomic E-state index is 0.258. The summed E-state index contributed by atoms with van der Waals surface area (Å²) in [5.41, 5.74) is 1.41. The van der Waals surface area contributed by atoms with E-state index < -0.39 is 0 Å². The monoisotopic (exact) mass is 222 g/mol. The Balaban J connectivity index is 3.45. The van der Waals surface area contributed by atoms with Crippen molar-refractivity contribution in [2.75, 3.05) is 6.61 Å². The van der Waals surface area contributed by atoms with Gasteiger partial charge in [0.1, 0.15) is 0 Å². The molecule has 0 radical (unpaired) electrons. The van der Waals surface area contributed by atoms with Crippen LogP contribution < -0.4 is 0 Å². The molecule has 1 heteroatoms. The predicted molar refractivity (Wildman–Crippen MR) is 71.2 cm³/mol. The van der Waals surface area contributed by atoms with Gasteiger partial charge in [-0.3, -0.25) is 0 Å². The maximum Gasteiger partial charge on any atom is 0.0440 e. The standard InChI is InChI=1S/C15H26O/c1-14(2)10-9-12-15(3)11-7-5-4-6-8-13-16/h10,15-16H,6-9,11-13H2,1-3H3/t15-/m1/s1. The molecule has 0 fully saturated rings. The van der Waals surface area contributed by atoms with Gasteiger partial charge < -0.3 is 5.11 Å². The highest BCUT2D eigenvalue weighted by Gasteiger charge is 1.98. The van der Waals surface area contributed by atoms with Gasteiger partial charge in [0.05, 0.1) is 0 Å². The normalized spacial score (nSPS) is 11.5. The zero-order chi connectivity index (χ0) is 12.2. The van der Waals surface area contributed by atoms with Gasteiger partial charge in [0, 0.05) is 19.4 Å². The molecule has 0 amide bonds. The second-order valence-corrected chi connectivity index (χ2v) is 4.68. The van der Waals surface area contributed by atoms with E-state index in [-0.39, 0.29) is 6.61 Å². The van der Waals surface area contributed by atoms with Crippen LogP contribution in [0.25, 0.3) is 0 Å². The van der Waals surface area contributed by atoms with Crippen molar-refractivity contribution in [1.82, 2.24) is 0 Å². The van der Waals surface area contributed by atoms with Crippen LogP contribution in [0, 0.1) is 17.8 Å². The summed E-state index contributed by atoms with van der Waals surface area (Å²) < 4.78 is 0. The third kappa shape index (κ3) is 11.3. The fourth-order valence-corrected chi connectivity index (χ4v) is 1.46. The van der Waals surface area contributed by atoms with Crippen molar-refractivity contribution < 1.29 is 5.11 Å². The van der Waals surface area contributed by atoms with Crippen molar-refractivity contribution in [2.24, 2.45) is 5.92 Å².